The van der Waals surface area contributed by atoms with Gasteiger partial charge in [0.05, 0.1) is 12.0 Å². The number of hydrogen-bond donors (Lipinski definition) is 2. The zero-order valence-corrected chi connectivity index (χ0v) is 16.0. The standard InChI is InChI=1S/C22H26N2O4/c1-16(23-22(27)24-12-6-10-19(14-24)21(25)26)18-9-5-11-20(13-18)28-15-17-7-3-2-4-8-17/h2-5,7-9,11,13,16,19H,6,10,12,14-15H2,1H3,(H,23,27)(H,25,26)/t16-,19?/m1/s1. The van der Waals surface area contributed by atoms with Crippen molar-refractivity contribution in [3.63, 3.8) is 0 Å². The summed E-state index contributed by atoms with van der Waals surface area (Å²) in [6.45, 7) is 3.24. The highest BCUT2D eigenvalue weighted by atomic mass is 16.5. The summed E-state index contributed by atoms with van der Waals surface area (Å²) in [4.78, 5) is 25.3. The molecule has 1 aliphatic heterocycles. The van der Waals surface area contributed by atoms with Gasteiger partial charge in [0.1, 0.15) is 12.4 Å². The Morgan fingerprint density at radius 1 is 1.21 bits per heavy atom. The van der Waals surface area contributed by atoms with E-state index in [4.69, 9.17) is 4.74 Å². The van der Waals surface area contributed by atoms with Crippen LogP contribution in [0, 0.1) is 5.92 Å². The predicted octanol–water partition coefficient (Wildman–Crippen LogP) is 3.83. The summed E-state index contributed by atoms with van der Waals surface area (Å²) >= 11 is 0. The molecule has 6 heteroatoms. The Balaban J connectivity index is 1.57. The molecule has 2 atom stereocenters. The van der Waals surface area contributed by atoms with Gasteiger partial charge in [-0.05, 0) is 43.0 Å². The number of nitrogens with one attached hydrogen (secondary N) is 1. The first-order chi connectivity index (χ1) is 13.5. The molecule has 1 heterocycles. The molecule has 1 fully saturated rings. The number of carboxylic acids is 1. The van der Waals surface area contributed by atoms with Gasteiger partial charge in [0, 0.05) is 13.1 Å². The van der Waals surface area contributed by atoms with Gasteiger partial charge in [-0.25, -0.2) is 4.79 Å². The van der Waals surface area contributed by atoms with Gasteiger partial charge < -0.3 is 20.1 Å². The Morgan fingerprint density at radius 2 is 2.00 bits per heavy atom. The SMILES string of the molecule is C[C@@H](NC(=O)N1CCCC(C(=O)O)C1)c1cccc(OCc2ccccc2)c1. The van der Waals surface area contributed by atoms with Crippen molar-refractivity contribution >= 4 is 12.0 Å². The molecular weight excluding hydrogens is 356 g/mol. The van der Waals surface area contributed by atoms with Crippen LogP contribution in [0.15, 0.2) is 54.6 Å². The van der Waals surface area contributed by atoms with E-state index in [1.165, 1.54) is 0 Å². The molecule has 0 bridgehead atoms. The first kappa shape index (κ1) is 19.7. The monoisotopic (exact) mass is 382 g/mol. The first-order valence-corrected chi connectivity index (χ1v) is 9.58. The number of piperidine rings is 1. The quantitative estimate of drug-likeness (QED) is 0.796. The second-order valence-electron chi connectivity index (χ2n) is 7.14. The number of rotatable bonds is 6. The molecule has 0 saturated carbocycles. The van der Waals surface area contributed by atoms with Crippen molar-refractivity contribution in [2.75, 3.05) is 13.1 Å². The van der Waals surface area contributed by atoms with Crippen molar-refractivity contribution in [1.82, 2.24) is 10.2 Å². The molecule has 148 valence electrons. The Morgan fingerprint density at radius 3 is 2.75 bits per heavy atom. The molecule has 2 amide bonds. The van der Waals surface area contributed by atoms with Crippen molar-refractivity contribution in [2.24, 2.45) is 5.92 Å². The molecule has 2 aromatic carbocycles. The average molecular weight is 382 g/mol. The maximum atomic E-state index is 12.5. The molecule has 6 nitrogen and oxygen atoms in total. The molecule has 2 N–H and O–H groups in total. The topological polar surface area (TPSA) is 78.9 Å². The van der Waals surface area contributed by atoms with Gasteiger partial charge in [-0.2, -0.15) is 0 Å². The van der Waals surface area contributed by atoms with Crippen LogP contribution in [-0.2, 0) is 11.4 Å². The molecule has 3 rings (SSSR count). The number of carbonyl (C=O) groups is 2. The van der Waals surface area contributed by atoms with Crippen LogP contribution in [-0.4, -0.2) is 35.1 Å². The minimum Gasteiger partial charge on any atom is -0.489 e. The first-order valence-electron chi connectivity index (χ1n) is 9.58. The number of hydrogen-bond acceptors (Lipinski definition) is 3. The predicted molar refractivity (Wildman–Crippen MR) is 106 cm³/mol. The summed E-state index contributed by atoms with van der Waals surface area (Å²) in [7, 11) is 0. The number of aliphatic carboxylic acids is 1. The summed E-state index contributed by atoms with van der Waals surface area (Å²) in [5.74, 6) is -0.579. The Kier molecular flexibility index (Phi) is 6.53. The highest BCUT2D eigenvalue weighted by molar-refractivity contribution is 5.77. The Labute approximate surface area is 165 Å². The average Bonchev–Trinajstić information content (AvgIpc) is 2.73. The normalized spacial score (nSPS) is 17.6. The van der Waals surface area contributed by atoms with Gasteiger partial charge in [0.15, 0.2) is 0 Å². The van der Waals surface area contributed by atoms with Gasteiger partial charge in [0.2, 0.25) is 0 Å². The van der Waals surface area contributed by atoms with E-state index in [1.807, 2.05) is 61.5 Å². The molecular formula is C22H26N2O4. The van der Waals surface area contributed by atoms with E-state index in [-0.39, 0.29) is 18.6 Å². The lowest BCUT2D eigenvalue weighted by Gasteiger charge is -2.31. The minimum atomic E-state index is -0.839. The number of likely N-dealkylation sites (tertiary alicyclic amines) is 1. The number of ether oxygens (including phenoxy) is 1. The molecule has 0 radical (unpaired) electrons. The highest BCUT2D eigenvalue weighted by Gasteiger charge is 2.28. The summed E-state index contributed by atoms with van der Waals surface area (Å²) < 4.78 is 5.86. The van der Waals surface area contributed by atoms with Crippen molar-refractivity contribution in [2.45, 2.75) is 32.4 Å². The second-order valence-corrected chi connectivity index (χ2v) is 7.14. The van der Waals surface area contributed by atoms with Gasteiger partial charge in [-0.3, -0.25) is 4.79 Å². The maximum Gasteiger partial charge on any atom is 0.317 e. The minimum absolute atomic E-state index is 0.210. The fourth-order valence-corrected chi connectivity index (χ4v) is 3.34. The van der Waals surface area contributed by atoms with Gasteiger partial charge >= 0.3 is 12.0 Å². The van der Waals surface area contributed by atoms with Crippen LogP contribution in [0.25, 0.3) is 0 Å². The lowest BCUT2D eigenvalue weighted by Crippen LogP contribution is -2.47. The van der Waals surface area contributed by atoms with Gasteiger partial charge in [-0.1, -0.05) is 42.5 Å². The largest absolute Gasteiger partial charge is 0.489 e. The number of nitrogens with zero attached hydrogens (tertiary/aromatic N) is 1. The van der Waals surface area contributed by atoms with Crippen LogP contribution >= 0.6 is 0 Å². The molecule has 0 aromatic heterocycles. The molecule has 1 unspecified atom stereocenters. The van der Waals surface area contributed by atoms with E-state index < -0.39 is 11.9 Å². The molecule has 2 aromatic rings. The van der Waals surface area contributed by atoms with E-state index in [0.29, 0.717) is 26.0 Å². The fraction of sp³-hybridized carbons (Fsp3) is 0.364. The maximum absolute atomic E-state index is 12.5. The summed E-state index contributed by atoms with van der Waals surface area (Å²) in [5.41, 5.74) is 2.03. The highest BCUT2D eigenvalue weighted by Crippen LogP contribution is 2.22. The lowest BCUT2D eigenvalue weighted by atomic mass is 9.98. The third-order valence-corrected chi connectivity index (χ3v) is 5.00. The summed E-state index contributed by atoms with van der Waals surface area (Å²) in [5, 5.41) is 12.2. The summed E-state index contributed by atoms with van der Waals surface area (Å²) in [6.07, 6.45) is 1.33. The number of carboxylic acid groups (broad SMARTS) is 1. The summed E-state index contributed by atoms with van der Waals surface area (Å²) in [6, 6.07) is 17.2. The van der Waals surface area contributed by atoms with Crippen molar-refractivity contribution in [3.05, 3.63) is 65.7 Å². The molecule has 0 spiro atoms. The van der Waals surface area contributed by atoms with E-state index >= 15 is 0 Å². The van der Waals surface area contributed by atoms with Crippen LogP contribution in [0.4, 0.5) is 4.79 Å². The Hall–Kier alpha value is -3.02. The number of benzene rings is 2. The molecule has 28 heavy (non-hydrogen) atoms. The number of carbonyl (C=O) groups excluding carboxylic acids is 1. The zero-order chi connectivity index (χ0) is 19.9. The molecule has 1 saturated heterocycles. The molecule has 1 aliphatic rings. The van der Waals surface area contributed by atoms with Crippen molar-refractivity contribution in [3.8, 4) is 5.75 Å². The van der Waals surface area contributed by atoms with Crippen molar-refractivity contribution in [1.29, 1.82) is 0 Å². The third kappa shape index (κ3) is 5.25. The third-order valence-electron chi connectivity index (χ3n) is 5.00. The lowest BCUT2D eigenvalue weighted by molar-refractivity contribution is -0.143. The van der Waals surface area contributed by atoms with E-state index in [2.05, 4.69) is 5.32 Å². The fourth-order valence-electron chi connectivity index (χ4n) is 3.34. The van der Waals surface area contributed by atoms with Crippen LogP contribution in [0.3, 0.4) is 0 Å². The van der Waals surface area contributed by atoms with Crippen LogP contribution in [0.2, 0.25) is 0 Å². The smallest absolute Gasteiger partial charge is 0.317 e. The Bertz CT molecular complexity index is 809. The van der Waals surface area contributed by atoms with E-state index in [0.717, 1.165) is 16.9 Å². The number of urea groups is 1. The van der Waals surface area contributed by atoms with Crippen LogP contribution in [0.1, 0.15) is 36.9 Å². The van der Waals surface area contributed by atoms with E-state index in [9.17, 15) is 14.7 Å². The van der Waals surface area contributed by atoms with E-state index in [1.54, 1.807) is 4.90 Å². The van der Waals surface area contributed by atoms with Crippen molar-refractivity contribution < 1.29 is 19.4 Å². The van der Waals surface area contributed by atoms with Gasteiger partial charge in [0.25, 0.3) is 0 Å². The van der Waals surface area contributed by atoms with Crippen LogP contribution in [0.5, 0.6) is 5.75 Å². The number of amides is 2. The zero-order valence-electron chi connectivity index (χ0n) is 16.0. The molecule has 0 aliphatic carbocycles. The van der Waals surface area contributed by atoms with Crippen LogP contribution < -0.4 is 10.1 Å². The second kappa shape index (κ2) is 9.26. The van der Waals surface area contributed by atoms with Gasteiger partial charge in [-0.15, -0.1) is 0 Å².